The molecule has 0 radical (unpaired) electrons. The zero-order valence-electron chi connectivity index (χ0n) is 13.2. The van der Waals surface area contributed by atoms with Crippen molar-refractivity contribution in [2.75, 3.05) is 13.6 Å². The Morgan fingerprint density at radius 1 is 1.30 bits per heavy atom. The van der Waals surface area contributed by atoms with E-state index in [1.54, 1.807) is 0 Å². The van der Waals surface area contributed by atoms with Crippen LogP contribution in [0.1, 0.15) is 38.6 Å². The minimum atomic E-state index is 0.722. The van der Waals surface area contributed by atoms with Crippen LogP contribution in [0.2, 0.25) is 0 Å². The summed E-state index contributed by atoms with van der Waals surface area (Å²) in [6.07, 6.45) is 3.26. The highest BCUT2D eigenvalue weighted by atomic mass is 15.1. The zero-order valence-corrected chi connectivity index (χ0v) is 13.2. The van der Waals surface area contributed by atoms with Crippen molar-refractivity contribution in [2.45, 2.75) is 46.6 Å². The maximum absolute atomic E-state index is 4.86. The van der Waals surface area contributed by atoms with Crippen LogP contribution in [0.15, 0.2) is 18.2 Å². The Balaban J connectivity index is 2.37. The molecule has 0 saturated heterocycles. The molecule has 0 bridgehead atoms. The average molecular weight is 273 g/mol. The standard InChI is InChI=1S/C17H27N3/c1-5-14-6-7-16-15(12-14)19-17(8-10-18-4)20(16)11-9-13(2)3/h6-7,12-13,18H,5,8-11H2,1-4H3. The number of hydrogen-bond donors (Lipinski definition) is 1. The lowest BCUT2D eigenvalue weighted by molar-refractivity contribution is 0.510. The number of benzene rings is 1. The van der Waals surface area contributed by atoms with Gasteiger partial charge in [-0.05, 0) is 43.5 Å². The second kappa shape index (κ2) is 6.89. The predicted octanol–water partition coefficient (Wildman–Crippen LogP) is 3.41. The van der Waals surface area contributed by atoms with Gasteiger partial charge in [0, 0.05) is 19.5 Å². The van der Waals surface area contributed by atoms with Gasteiger partial charge in [-0.2, -0.15) is 0 Å². The molecule has 2 aromatic rings. The Morgan fingerprint density at radius 2 is 2.10 bits per heavy atom. The number of rotatable bonds is 7. The second-order valence-corrected chi connectivity index (χ2v) is 5.89. The fourth-order valence-corrected chi connectivity index (χ4v) is 2.51. The molecule has 1 N–H and O–H groups in total. The fraction of sp³-hybridized carbons (Fsp3) is 0.588. The van der Waals surface area contributed by atoms with Gasteiger partial charge in [0.2, 0.25) is 0 Å². The van der Waals surface area contributed by atoms with Crippen LogP contribution in [-0.4, -0.2) is 23.1 Å². The molecule has 0 saturated carbocycles. The van der Waals surface area contributed by atoms with Gasteiger partial charge < -0.3 is 9.88 Å². The molecule has 0 spiro atoms. The van der Waals surface area contributed by atoms with E-state index in [-0.39, 0.29) is 0 Å². The summed E-state index contributed by atoms with van der Waals surface area (Å²) in [5, 5.41) is 3.22. The molecule has 0 fully saturated rings. The molecule has 110 valence electrons. The van der Waals surface area contributed by atoms with Crippen molar-refractivity contribution in [3.05, 3.63) is 29.6 Å². The van der Waals surface area contributed by atoms with Crippen LogP contribution in [0.3, 0.4) is 0 Å². The van der Waals surface area contributed by atoms with Gasteiger partial charge in [-0.1, -0.05) is 26.8 Å². The summed E-state index contributed by atoms with van der Waals surface area (Å²) in [4.78, 5) is 4.86. The van der Waals surface area contributed by atoms with Gasteiger partial charge in [0.25, 0.3) is 0 Å². The van der Waals surface area contributed by atoms with Crippen LogP contribution in [0, 0.1) is 5.92 Å². The highest BCUT2D eigenvalue weighted by molar-refractivity contribution is 5.77. The van der Waals surface area contributed by atoms with Crippen molar-refractivity contribution in [3.8, 4) is 0 Å². The Kier molecular flexibility index (Phi) is 5.18. The van der Waals surface area contributed by atoms with E-state index in [9.17, 15) is 0 Å². The van der Waals surface area contributed by atoms with Crippen molar-refractivity contribution >= 4 is 11.0 Å². The summed E-state index contributed by atoms with van der Waals surface area (Å²) in [6.45, 7) is 8.80. The third-order valence-corrected chi connectivity index (χ3v) is 3.83. The van der Waals surface area contributed by atoms with E-state index in [4.69, 9.17) is 4.98 Å². The minimum Gasteiger partial charge on any atom is -0.328 e. The summed E-state index contributed by atoms with van der Waals surface area (Å²) < 4.78 is 2.41. The molecule has 0 aliphatic heterocycles. The number of aromatic nitrogens is 2. The van der Waals surface area contributed by atoms with Crippen molar-refractivity contribution in [2.24, 2.45) is 5.92 Å². The van der Waals surface area contributed by atoms with E-state index < -0.39 is 0 Å². The number of fused-ring (bicyclic) bond motifs is 1. The summed E-state index contributed by atoms with van der Waals surface area (Å²) in [7, 11) is 2.00. The lowest BCUT2D eigenvalue weighted by atomic mass is 10.1. The normalized spacial score (nSPS) is 11.7. The lowest BCUT2D eigenvalue weighted by Crippen LogP contribution is -2.14. The second-order valence-electron chi connectivity index (χ2n) is 5.89. The zero-order chi connectivity index (χ0) is 14.5. The molecule has 3 nitrogen and oxygen atoms in total. The molecule has 0 aliphatic carbocycles. The van der Waals surface area contributed by atoms with E-state index >= 15 is 0 Å². The SMILES string of the molecule is CCc1ccc2c(c1)nc(CCNC)n2CCC(C)C. The van der Waals surface area contributed by atoms with Gasteiger partial charge in [-0.25, -0.2) is 4.98 Å². The molecule has 3 heteroatoms. The van der Waals surface area contributed by atoms with Crippen LogP contribution in [0.25, 0.3) is 11.0 Å². The van der Waals surface area contributed by atoms with Crippen molar-refractivity contribution in [3.63, 3.8) is 0 Å². The van der Waals surface area contributed by atoms with Crippen molar-refractivity contribution in [1.29, 1.82) is 0 Å². The smallest absolute Gasteiger partial charge is 0.111 e. The van der Waals surface area contributed by atoms with Gasteiger partial charge >= 0.3 is 0 Å². The molecule has 0 aliphatic rings. The quantitative estimate of drug-likeness (QED) is 0.838. The van der Waals surface area contributed by atoms with Crippen LogP contribution in [0.4, 0.5) is 0 Å². The number of nitrogens with one attached hydrogen (secondary N) is 1. The Hall–Kier alpha value is -1.35. The molecular formula is C17H27N3. The van der Waals surface area contributed by atoms with Crippen LogP contribution in [0.5, 0.6) is 0 Å². The predicted molar refractivity (Wildman–Crippen MR) is 86.2 cm³/mol. The summed E-state index contributed by atoms with van der Waals surface area (Å²) in [6, 6.07) is 6.71. The molecule has 0 atom stereocenters. The largest absolute Gasteiger partial charge is 0.328 e. The first-order chi connectivity index (χ1) is 9.65. The molecule has 0 amide bonds. The van der Waals surface area contributed by atoms with Crippen LogP contribution in [-0.2, 0) is 19.4 Å². The van der Waals surface area contributed by atoms with E-state index in [1.807, 2.05) is 7.05 Å². The average Bonchev–Trinajstić information content (AvgIpc) is 2.79. The summed E-state index contributed by atoms with van der Waals surface area (Å²) in [5.74, 6) is 1.93. The van der Waals surface area contributed by atoms with E-state index in [2.05, 4.69) is 48.9 Å². The molecular weight excluding hydrogens is 246 g/mol. The highest BCUT2D eigenvalue weighted by Crippen LogP contribution is 2.20. The number of nitrogens with zero attached hydrogens (tertiary/aromatic N) is 2. The van der Waals surface area contributed by atoms with Crippen LogP contribution < -0.4 is 5.32 Å². The molecule has 1 heterocycles. The molecule has 1 aromatic carbocycles. The highest BCUT2D eigenvalue weighted by Gasteiger charge is 2.11. The topological polar surface area (TPSA) is 29.9 Å². The molecule has 1 aromatic heterocycles. The monoisotopic (exact) mass is 273 g/mol. The number of likely N-dealkylation sites (N-methyl/N-ethyl adjacent to an activating group) is 1. The maximum Gasteiger partial charge on any atom is 0.111 e. The Morgan fingerprint density at radius 3 is 2.75 bits per heavy atom. The van der Waals surface area contributed by atoms with Crippen LogP contribution >= 0.6 is 0 Å². The van der Waals surface area contributed by atoms with E-state index in [0.717, 1.165) is 37.4 Å². The van der Waals surface area contributed by atoms with Gasteiger partial charge in [-0.3, -0.25) is 0 Å². The Labute approximate surface area is 122 Å². The first kappa shape index (κ1) is 15.0. The molecule has 20 heavy (non-hydrogen) atoms. The number of hydrogen-bond acceptors (Lipinski definition) is 2. The van der Waals surface area contributed by atoms with Gasteiger partial charge in [0.05, 0.1) is 11.0 Å². The lowest BCUT2D eigenvalue weighted by Gasteiger charge is -2.11. The van der Waals surface area contributed by atoms with E-state index in [0.29, 0.717) is 0 Å². The van der Waals surface area contributed by atoms with Gasteiger partial charge in [-0.15, -0.1) is 0 Å². The number of aryl methyl sites for hydroxylation is 2. The van der Waals surface area contributed by atoms with Gasteiger partial charge in [0.1, 0.15) is 5.82 Å². The Bertz CT molecular complexity index is 555. The number of imidazole rings is 1. The third kappa shape index (κ3) is 3.40. The van der Waals surface area contributed by atoms with Crippen molar-refractivity contribution < 1.29 is 0 Å². The first-order valence-corrected chi connectivity index (χ1v) is 7.78. The molecule has 0 unspecified atom stereocenters. The third-order valence-electron chi connectivity index (χ3n) is 3.83. The van der Waals surface area contributed by atoms with E-state index in [1.165, 1.54) is 23.3 Å². The summed E-state index contributed by atoms with van der Waals surface area (Å²) in [5.41, 5.74) is 3.80. The summed E-state index contributed by atoms with van der Waals surface area (Å²) >= 11 is 0. The molecule has 2 rings (SSSR count). The van der Waals surface area contributed by atoms with Crippen molar-refractivity contribution in [1.82, 2.24) is 14.9 Å². The fourth-order valence-electron chi connectivity index (χ4n) is 2.51. The van der Waals surface area contributed by atoms with Gasteiger partial charge in [0.15, 0.2) is 0 Å². The first-order valence-electron chi connectivity index (χ1n) is 7.78. The maximum atomic E-state index is 4.86. The minimum absolute atomic E-state index is 0.722.